The van der Waals surface area contributed by atoms with Crippen molar-refractivity contribution >= 4 is 11.8 Å². The SMILES string of the molecule is N#CC1C(=O)NC(=O)c2ccc(-c3ccccc3)nc21. The Bertz CT molecular complexity index is 747. The summed E-state index contributed by atoms with van der Waals surface area (Å²) in [5.41, 5.74) is 2.00. The van der Waals surface area contributed by atoms with E-state index >= 15 is 0 Å². The molecule has 1 aromatic carbocycles. The van der Waals surface area contributed by atoms with Gasteiger partial charge in [-0.25, -0.2) is 0 Å². The van der Waals surface area contributed by atoms with Crippen LogP contribution in [0.25, 0.3) is 11.3 Å². The summed E-state index contributed by atoms with van der Waals surface area (Å²) in [6.45, 7) is 0. The van der Waals surface area contributed by atoms with E-state index in [1.807, 2.05) is 36.4 Å². The van der Waals surface area contributed by atoms with Gasteiger partial charge in [0.1, 0.15) is 0 Å². The second-order valence-corrected chi connectivity index (χ2v) is 4.38. The van der Waals surface area contributed by atoms with E-state index in [2.05, 4.69) is 10.3 Å². The number of carbonyl (C=O) groups is 2. The summed E-state index contributed by atoms with van der Waals surface area (Å²) in [6, 6.07) is 14.6. The summed E-state index contributed by atoms with van der Waals surface area (Å²) in [4.78, 5) is 27.7. The minimum Gasteiger partial charge on any atom is -0.291 e. The zero-order valence-electron chi connectivity index (χ0n) is 10.3. The Morgan fingerprint density at radius 2 is 1.85 bits per heavy atom. The Kier molecular flexibility index (Phi) is 2.77. The molecule has 3 rings (SSSR count). The van der Waals surface area contributed by atoms with Gasteiger partial charge in [0.05, 0.1) is 23.0 Å². The minimum atomic E-state index is -1.05. The van der Waals surface area contributed by atoms with Crippen LogP contribution in [0.4, 0.5) is 0 Å². The maximum Gasteiger partial charge on any atom is 0.259 e. The van der Waals surface area contributed by atoms with Crippen LogP contribution in [0.5, 0.6) is 0 Å². The number of rotatable bonds is 1. The zero-order chi connectivity index (χ0) is 14.1. The zero-order valence-corrected chi connectivity index (χ0v) is 10.3. The van der Waals surface area contributed by atoms with Gasteiger partial charge in [-0.3, -0.25) is 19.9 Å². The Balaban J connectivity index is 2.17. The van der Waals surface area contributed by atoms with E-state index in [1.165, 1.54) is 0 Å². The largest absolute Gasteiger partial charge is 0.291 e. The summed E-state index contributed by atoms with van der Waals surface area (Å²) in [7, 11) is 0. The normalized spacial score (nSPS) is 17.1. The number of aromatic nitrogens is 1. The van der Waals surface area contributed by atoms with E-state index in [9.17, 15) is 9.59 Å². The lowest BCUT2D eigenvalue weighted by molar-refractivity contribution is -0.120. The Morgan fingerprint density at radius 1 is 1.10 bits per heavy atom. The van der Waals surface area contributed by atoms with Crippen LogP contribution in [0.2, 0.25) is 0 Å². The Hall–Kier alpha value is -3.00. The number of nitrogens with zero attached hydrogens (tertiary/aromatic N) is 2. The van der Waals surface area contributed by atoms with E-state index in [0.717, 1.165) is 5.56 Å². The van der Waals surface area contributed by atoms with Crippen molar-refractivity contribution in [1.29, 1.82) is 5.26 Å². The van der Waals surface area contributed by atoms with Gasteiger partial charge in [-0.1, -0.05) is 30.3 Å². The third kappa shape index (κ3) is 1.84. The maximum absolute atomic E-state index is 11.7. The molecule has 20 heavy (non-hydrogen) atoms. The topological polar surface area (TPSA) is 82.9 Å². The van der Waals surface area contributed by atoms with Crippen LogP contribution in [0.15, 0.2) is 42.5 Å². The van der Waals surface area contributed by atoms with Gasteiger partial charge >= 0.3 is 0 Å². The number of hydrogen-bond acceptors (Lipinski definition) is 4. The highest BCUT2D eigenvalue weighted by molar-refractivity contribution is 6.12. The molecule has 1 atom stereocenters. The molecule has 1 aliphatic rings. The molecule has 2 heterocycles. The van der Waals surface area contributed by atoms with E-state index < -0.39 is 17.7 Å². The number of nitrogens with one attached hydrogen (secondary N) is 1. The summed E-state index contributed by atoms with van der Waals surface area (Å²) in [6.07, 6.45) is 0. The quantitative estimate of drug-likeness (QED) is 0.792. The highest BCUT2D eigenvalue weighted by atomic mass is 16.2. The fourth-order valence-electron chi connectivity index (χ4n) is 2.15. The average molecular weight is 263 g/mol. The molecule has 5 nitrogen and oxygen atoms in total. The number of pyridine rings is 1. The number of imide groups is 1. The molecule has 2 amide bonds. The molecule has 0 radical (unpaired) electrons. The van der Waals surface area contributed by atoms with Crippen LogP contribution < -0.4 is 5.32 Å². The smallest absolute Gasteiger partial charge is 0.259 e. The molecule has 0 fully saturated rings. The molecule has 0 saturated carbocycles. The van der Waals surface area contributed by atoms with Crippen molar-refractivity contribution in [1.82, 2.24) is 10.3 Å². The van der Waals surface area contributed by atoms with E-state index in [4.69, 9.17) is 5.26 Å². The van der Waals surface area contributed by atoms with Gasteiger partial charge in [0.25, 0.3) is 5.91 Å². The van der Waals surface area contributed by atoms with Crippen LogP contribution in [-0.4, -0.2) is 16.8 Å². The van der Waals surface area contributed by atoms with Crippen LogP contribution in [0.3, 0.4) is 0 Å². The molecule has 5 heteroatoms. The summed E-state index contributed by atoms with van der Waals surface area (Å²) in [5, 5.41) is 11.2. The first-order valence-corrected chi connectivity index (χ1v) is 6.02. The maximum atomic E-state index is 11.7. The van der Waals surface area contributed by atoms with Gasteiger partial charge < -0.3 is 0 Å². The van der Waals surface area contributed by atoms with Crippen LogP contribution in [0, 0.1) is 11.3 Å². The van der Waals surface area contributed by atoms with E-state index in [-0.39, 0.29) is 11.3 Å². The predicted molar refractivity (Wildman–Crippen MR) is 70.5 cm³/mol. The van der Waals surface area contributed by atoms with Crippen molar-refractivity contribution in [3.63, 3.8) is 0 Å². The predicted octanol–water partition coefficient (Wildman–Crippen LogP) is 1.63. The fraction of sp³-hybridized carbons (Fsp3) is 0.0667. The van der Waals surface area contributed by atoms with Crippen molar-refractivity contribution in [2.75, 3.05) is 0 Å². The molecular weight excluding hydrogens is 254 g/mol. The molecule has 96 valence electrons. The van der Waals surface area contributed by atoms with Gasteiger partial charge in [-0.15, -0.1) is 0 Å². The van der Waals surface area contributed by atoms with Gasteiger partial charge in [0.2, 0.25) is 5.91 Å². The average Bonchev–Trinajstić information content (AvgIpc) is 2.48. The number of hydrogen-bond donors (Lipinski definition) is 1. The molecule has 1 aromatic heterocycles. The lowest BCUT2D eigenvalue weighted by Gasteiger charge is -2.19. The fourth-order valence-corrected chi connectivity index (χ4v) is 2.15. The van der Waals surface area contributed by atoms with Crippen LogP contribution >= 0.6 is 0 Å². The van der Waals surface area contributed by atoms with Crippen molar-refractivity contribution < 1.29 is 9.59 Å². The first-order chi connectivity index (χ1) is 9.70. The highest BCUT2D eigenvalue weighted by Gasteiger charge is 2.34. The Morgan fingerprint density at radius 3 is 2.55 bits per heavy atom. The lowest BCUT2D eigenvalue weighted by atomic mass is 9.95. The summed E-state index contributed by atoms with van der Waals surface area (Å²) in [5.74, 6) is -2.18. The summed E-state index contributed by atoms with van der Waals surface area (Å²) < 4.78 is 0. The second kappa shape index (κ2) is 4.59. The first kappa shape index (κ1) is 12.1. The van der Waals surface area contributed by atoms with Gasteiger partial charge in [0, 0.05) is 5.56 Å². The van der Waals surface area contributed by atoms with Crippen molar-refractivity contribution in [2.45, 2.75) is 5.92 Å². The molecule has 0 bridgehead atoms. The molecule has 2 aromatic rings. The first-order valence-electron chi connectivity index (χ1n) is 6.02. The van der Waals surface area contributed by atoms with Gasteiger partial charge in [0.15, 0.2) is 5.92 Å². The lowest BCUT2D eigenvalue weighted by Crippen LogP contribution is -2.40. The molecule has 1 aliphatic heterocycles. The standard InChI is InChI=1S/C15H9N3O2/c16-8-11-13-10(14(19)18-15(11)20)6-7-12(17-13)9-4-2-1-3-5-9/h1-7,11H,(H,18,19,20). The summed E-state index contributed by atoms with van der Waals surface area (Å²) >= 11 is 0. The third-order valence-corrected chi connectivity index (χ3v) is 3.14. The number of fused-ring (bicyclic) bond motifs is 1. The van der Waals surface area contributed by atoms with Crippen molar-refractivity contribution in [3.8, 4) is 17.3 Å². The number of amides is 2. The number of carbonyl (C=O) groups excluding carboxylic acids is 2. The molecule has 1 N–H and O–H groups in total. The van der Waals surface area contributed by atoms with Crippen LogP contribution in [0.1, 0.15) is 22.0 Å². The molecule has 1 unspecified atom stereocenters. The monoisotopic (exact) mass is 263 g/mol. The van der Waals surface area contributed by atoms with Crippen molar-refractivity contribution in [2.24, 2.45) is 0 Å². The molecule has 0 aliphatic carbocycles. The molecule has 0 spiro atoms. The van der Waals surface area contributed by atoms with Crippen LogP contribution in [-0.2, 0) is 4.79 Å². The molecular formula is C15H9N3O2. The van der Waals surface area contributed by atoms with E-state index in [1.54, 1.807) is 12.1 Å². The molecule has 0 saturated heterocycles. The second-order valence-electron chi connectivity index (χ2n) is 4.38. The number of benzene rings is 1. The van der Waals surface area contributed by atoms with Crippen molar-refractivity contribution in [3.05, 3.63) is 53.7 Å². The van der Waals surface area contributed by atoms with E-state index in [0.29, 0.717) is 5.69 Å². The third-order valence-electron chi connectivity index (χ3n) is 3.14. The van der Waals surface area contributed by atoms with Gasteiger partial charge in [-0.05, 0) is 12.1 Å². The Labute approximate surface area is 114 Å². The minimum absolute atomic E-state index is 0.225. The number of nitriles is 1. The highest BCUT2D eigenvalue weighted by Crippen LogP contribution is 2.26. The van der Waals surface area contributed by atoms with Gasteiger partial charge in [-0.2, -0.15) is 5.26 Å².